The summed E-state index contributed by atoms with van der Waals surface area (Å²) in [5, 5.41) is 0. The molecule has 6 heteroatoms. The third-order valence-corrected chi connectivity index (χ3v) is 4.33. The molecule has 1 amide bonds. The molecule has 0 saturated carbocycles. The van der Waals surface area contributed by atoms with Crippen LogP contribution in [0.3, 0.4) is 0 Å². The molecule has 1 fully saturated rings. The highest BCUT2D eigenvalue weighted by Crippen LogP contribution is 2.26. The number of carbonyl (C=O) groups excluding carboxylic acids is 1. The van der Waals surface area contributed by atoms with Gasteiger partial charge >= 0.3 is 0 Å². The maximum Gasteiger partial charge on any atom is 0.265 e. The molecule has 2 aromatic rings. The molecule has 104 valence electrons. The summed E-state index contributed by atoms with van der Waals surface area (Å²) in [6.07, 6.45) is 5.52. The number of nitrogens with zero attached hydrogens (tertiary/aromatic N) is 4. The fourth-order valence-electron chi connectivity index (χ4n) is 2.58. The van der Waals surface area contributed by atoms with Crippen LogP contribution in [-0.2, 0) is 0 Å². The van der Waals surface area contributed by atoms with Crippen molar-refractivity contribution < 1.29 is 4.79 Å². The van der Waals surface area contributed by atoms with Crippen LogP contribution in [0.5, 0.6) is 0 Å². The molecule has 1 aliphatic heterocycles. The van der Waals surface area contributed by atoms with E-state index >= 15 is 0 Å². The summed E-state index contributed by atoms with van der Waals surface area (Å²) >= 11 is 1.40. The maximum absolute atomic E-state index is 12.4. The molecule has 5 nitrogen and oxygen atoms in total. The number of amides is 1. The molecule has 0 aromatic carbocycles. The Balaban J connectivity index is 1.75. The topological polar surface area (TPSA) is 59.0 Å². The van der Waals surface area contributed by atoms with Crippen molar-refractivity contribution in [2.24, 2.45) is 0 Å². The molecule has 20 heavy (non-hydrogen) atoms. The van der Waals surface area contributed by atoms with E-state index < -0.39 is 0 Å². The maximum atomic E-state index is 12.4. The van der Waals surface area contributed by atoms with E-state index in [4.69, 9.17) is 0 Å². The van der Waals surface area contributed by atoms with Gasteiger partial charge < -0.3 is 4.90 Å². The average molecular weight is 288 g/mol. The number of hydrogen-bond acceptors (Lipinski definition) is 5. The van der Waals surface area contributed by atoms with Gasteiger partial charge in [-0.05, 0) is 25.8 Å². The second-order valence-corrected chi connectivity index (χ2v) is 5.87. The molecular weight excluding hydrogens is 272 g/mol. The molecule has 2 aromatic heterocycles. The molecule has 0 bridgehead atoms. The first-order valence-electron chi connectivity index (χ1n) is 6.71. The van der Waals surface area contributed by atoms with E-state index in [0.717, 1.165) is 37.4 Å². The van der Waals surface area contributed by atoms with Gasteiger partial charge in [0, 0.05) is 30.9 Å². The number of hydrogen-bond donors (Lipinski definition) is 0. The van der Waals surface area contributed by atoms with E-state index in [0.29, 0.717) is 10.8 Å². The number of likely N-dealkylation sites (tertiary alicyclic amines) is 1. The van der Waals surface area contributed by atoms with E-state index in [2.05, 4.69) is 15.0 Å². The first-order valence-corrected chi connectivity index (χ1v) is 7.59. The lowest BCUT2D eigenvalue weighted by Crippen LogP contribution is -2.39. The summed E-state index contributed by atoms with van der Waals surface area (Å²) < 4.78 is 0. The molecule has 3 rings (SSSR count). The van der Waals surface area contributed by atoms with Crippen molar-refractivity contribution in [3.8, 4) is 0 Å². The van der Waals surface area contributed by atoms with Gasteiger partial charge in [-0.25, -0.2) is 9.97 Å². The van der Waals surface area contributed by atoms with Gasteiger partial charge in [-0.1, -0.05) is 0 Å². The van der Waals surface area contributed by atoms with Crippen molar-refractivity contribution in [1.82, 2.24) is 19.9 Å². The van der Waals surface area contributed by atoms with E-state index in [-0.39, 0.29) is 5.91 Å². The number of aromatic nitrogens is 3. The summed E-state index contributed by atoms with van der Waals surface area (Å²) in [5.41, 5.74) is 2.74. The van der Waals surface area contributed by atoms with Crippen molar-refractivity contribution in [1.29, 1.82) is 0 Å². The zero-order chi connectivity index (χ0) is 13.9. The van der Waals surface area contributed by atoms with Crippen LogP contribution in [0.1, 0.15) is 39.9 Å². The van der Waals surface area contributed by atoms with Crippen LogP contribution in [0.15, 0.2) is 24.0 Å². The van der Waals surface area contributed by atoms with Crippen LogP contribution in [0, 0.1) is 6.92 Å². The summed E-state index contributed by atoms with van der Waals surface area (Å²) in [6.45, 7) is 3.44. The minimum atomic E-state index is 0.0861. The highest BCUT2D eigenvalue weighted by molar-refractivity contribution is 7.11. The predicted molar refractivity (Wildman–Crippen MR) is 76.8 cm³/mol. The van der Waals surface area contributed by atoms with Crippen molar-refractivity contribution >= 4 is 17.2 Å². The van der Waals surface area contributed by atoms with Crippen molar-refractivity contribution in [3.05, 3.63) is 40.4 Å². The van der Waals surface area contributed by atoms with Gasteiger partial charge in [-0.15, -0.1) is 11.3 Å². The number of piperidine rings is 1. The van der Waals surface area contributed by atoms with Crippen LogP contribution in [-0.4, -0.2) is 38.8 Å². The summed E-state index contributed by atoms with van der Waals surface area (Å²) in [6, 6.07) is 1.96. The Morgan fingerprint density at radius 2 is 2.40 bits per heavy atom. The van der Waals surface area contributed by atoms with Crippen LogP contribution in [0.4, 0.5) is 0 Å². The van der Waals surface area contributed by atoms with Crippen molar-refractivity contribution in [2.75, 3.05) is 13.1 Å². The lowest BCUT2D eigenvalue weighted by Gasteiger charge is -2.32. The zero-order valence-corrected chi connectivity index (χ0v) is 12.1. The van der Waals surface area contributed by atoms with Gasteiger partial charge in [0.15, 0.2) is 0 Å². The zero-order valence-electron chi connectivity index (χ0n) is 11.3. The minimum Gasteiger partial charge on any atom is -0.337 e. The SMILES string of the molecule is Cc1nccc(C2CCCN(C(=O)c3cncs3)C2)n1. The quantitative estimate of drug-likeness (QED) is 0.850. The van der Waals surface area contributed by atoms with Gasteiger partial charge in [0.05, 0.1) is 11.7 Å². The molecule has 3 heterocycles. The van der Waals surface area contributed by atoms with Crippen molar-refractivity contribution in [2.45, 2.75) is 25.7 Å². The van der Waals surface area contributed by atoms with Crippen LogP contribution in [0.2, 0.25) is 0 Å². The Morgan fingerprint density at radius 1 is 1.50 bits per heavy atom. The van der Waals surface area contributed by atoms with E-state index in [1.165, 1.54) is 11.3 Å². The van der Waals surface area contributed by atoms with Crippen molar-refractivity contribution in [3.63, 3.8) is 0 Å². The van der Waals surface area contributed by atoms with Gasteiger partial charge in [0.2, 0.25) is 0 Å². The monoisotopic (exact) mass is 288 g/mol. The smallest absolute Gasteiger partial charge is 0.265 e. The Hall–Kier alpha value is -1.82. The normalized spacial score (nSPS) is 19.1. The molecule has 0 spiro atoms. The van der Waals surface area contributed by atoms with E-state index in [1.807, 2.05) is 17.9 Å². The fraction of sp³-hybridized carbons (Fsp3) is 0.429. The van der Waals surface area contributed by atoms with Gasteiger partial charge in [-0.2, -0.15) is 0 Å². The summed E-state index contributed by atoms with van der Waals surface area (Å²) in [7, 11) is 0. The van der Waals surface area contributed by atoms with Crippen LogP contribution >= 0.6 is 11.3 Å². The number of carbonyl (C=O) groups is 1. The largest absolute Gasteiger partial charge is 0.337 e. The van der Waals surface area contributed by atoms with Gasteiger partial charge in [-0.3, -0.25) is 9.78 Å². The minimum absolute atomic E-state index is 0.0861. The molecule has 0 radical (unpaired) electrons. The number of aryl methyl sites for hydroxylation is 1. The Bertz CT molecular complexity index is 599. The first-order chi connectivity index (χ1) is 9.74. The number of rotatable bonds is 2. The Kier molecular flexibility index (Phi) is 3.73. The van der Waals surface area contributed by atoms with Crippen LogP contribution in [0.25, 0.3) is 0 Å². The first kappa shape index (κ1) is 13.2. The summed E-state index contributed by atoms with van der Waals surface area (Å²) in [4.78, 5) is 27.6. The second kappa shape index (κ2) is 5.66. The van der Waals surface area contributed by atoms with Crippen LogP contribution < -0.4 is 0 Å². The standard InChI is InChI=1S/C14H16N4OS/c1-10-16-5-4-12(17-10)11-3-2-6-18(8-11)14(19)13-7-15-9-20-13/h4-5,7,9,11H,2-3,6,8H2,1H3. The molecule has 1 atom stereocenters. The lowest BCUT2D eigenvalue weighted by atomic mass is 9.94. The third-order valence-electron chi connectivity index (χ3n) is 3.57. The molecule has 0 N–H and O–H groups in total. The average Bonchev–Trinajstić information content (AvgIpc) is 3.01. The second-order valence-electron chi connectivity index (χ2n) is 4.98. The molecule has 1 aliphatic rings. The highest BCUT2D eigenvalue weighted by Gasteiger charge is 2.26. The van der Waals surface area contributed by atoms with Gasteiger partial charge in [0.1, 0.15) is 10.7 Å². The Labute approximate surface area is 121 Å². The fourth-order valence-corrected chi connectivity index (χ4v) is 3.17. The molecule has 1 saturated heterocycles. The number of thiazole rings is 1. The Morgan fingerprint density at radius 3 is 3.15 bits per heavy atom. The predicted octanol–water partition coefficient (Wildman–Crippen LogP) is 2.26. The molecule has 0 aliphatic carbocycles. The summed E-state index contributed by atoms with van der Waals surface area (Å²) in [5.74, 6) is 1.18. The van der Waals surface area contributed by atoms with E-state index in [1.54, 1.807) is 17.9 Å². The third kappa shape index (κ3) is 2.70. The molecular formula is C14H16N4OS. The highest BCUT2D eigenvalue weighted by atomic mass is 32.1. The van der Waals surface area contributed by atoms with Gasteiger partial charge in [0.25, 0.3) is 5.91 Å². The molecule has 1 unspecified atom stereocenters. The lowest BCUT2D eigenvalue weighted by molar-refractivity contribution is 0.0710. The van der Waals surface area contributed by atoms with E-state index in [9.17, 15) is 4.79 Å².